The number of carboxylic acid groups (broad SMARTS) is 1. The Bertz CT molecular complexity index is 1280. The van der Waals surface area contributed by atoms with E-state index in [2.05, 4.69) is 26.3 Å². The summed E-state index contributed by atoms with van der Waals surface area (Å²) in [6, 6.07) is 7.78. The molecule has 1 aliphatic carbocycles. The third-order valence-electron chi connectivity index (χ3n) is 5.85. The molecule has 0 aliphatic heterocycles. The zero-order chi connectivity index (χ0) is 21.5. The van der Waals surface area contributed by atoms with E-state index in [1.54, 1.807) is 17.4 Å². The molecule has 1 aliphatic rings. The topological polar surface area (TPSA) is 113 Å². The second kappa shape index (κ2) is 7.90. The molecule has 3 aromatic heterocycles. The monoisotopic (exact) mass is 437 g/mol. The average molecular weight is 438 g/mol. The summed E-state index contributed by atoms with van der Waals surface area (Å²) in [4.78, 5) is 24.7. The number of aromatic carboxylic acids is 1. The first-order valence-corrected chi connectivity index (χ1v) is 11.2. The molecular weight excluding hydrogens is 414 g/mol. The highest BCUT2D eigenvalue weighted by atomic mass is 32.1. The fourth-order valence-electron chi connectivity index (χ4n) is 4.18. The zero-order valence-electron chi connectivity index (χ0n) is 17.1. The Morgan fingerprint density at radius 2 is 2.06 bits per heavy atom. The Morgan fingerprint density at radius 1 is 1.23 bits per heavy atom. The normalized spacial score (nSPS) is 19.2. The number of benzene rings is 1. The van der Waals surface area contributed by atoms with Crippen LogP contribution in [0.3, 0.4) is 0 Å². The first-order chi connectivity index (χ1) is 15.0. The summed E-state index contributed by atoms with van der Waals surface area (Å²) in [6.45, 7) is 2.48. The van der Waals surface area contributed by atoms with Gasteiger partial charge in [0.25, 0.3) is 0 Å². The van der Waals surface area contributed by atoms with Crippen LogP contribution in [0.25, 0.3) is 21.4 Å². The molecule has 0 amide bonds. The highest BCUT2D eigenvalue weighted by Gasteiger charge is 2.23. The maximum Gasteiger partial charge on any atom is 0.337 e. The van der Waals surface area contributed by atoms with Crippen LogP contribution in [0, 0.1) is 6.92 Å². The number of pyridine rings is 1. The molecule has 160 valence electrons. The molecule has 8 nitrogen and oxygen atoms in total. The Morgan fingerprint density at radius 3 is 2.87 bits per heavy atom. The van der Waals surface area contributed by atoms with Crippen molar-refractivity contribution >= 4 is 43.8 Å². The number of aliphatic hydroxyl groups is 1. The summed E-state index contributed by atoms with van der Waals surface area (Å²) in [7, 11) is 0. The van der Waals surface area contributed by atoms with E-state index in [0.717, 1.165) is 52.4 Å². The fourth-order valence-corrected chi connectivity index (χ4v) is 5.17. The molecule has 1 fully saturated rings. The fraction of sp³-hybridized carbons (Fsp3) is 0.364. The van der Waals surface area contributed by atoms with Crippen LogP contribution in [0.5, 0.6) is 0 Å². The predicted octanol–water partition coefficient (Wildman–Crippen LogP) is 3.81. The van der Waals surface area contributed by atoms with E-state index >= 15 is 0 Å². The van der Waals surface area contributed by atoms with Gasteiger partial charge in [-0.2, -0.15) is 0 Å². The van der Waals surface area contributed by atoms with Gasteiger partial charge in [-0.05, 0) is 43.5 Å². The van der Waals surface area contributed by atoms with Gasteiger partial charge in [-0.1, -0.05) is 30.2 Å². The van der Waals surface area contributed by atoms with E-state index in [0.29, 0.717) is 17.7 Å². The van der Waals surface area contributed by atoms with Crippen LogP contribution in [0.1, 0.15) is 47.4 Å². The van der Waals surface area contributed by atoms with Gasteiger partial charge in [-0.25, -0.2) is 19.7 Å². The summed E-state index contributed by atoms with van der Waals surface area (Å²) >= 11 is 1.59. The Hall–Kier alpha value is -3.04. The number of thiazole rings is 1. The van der Waals surface area contributed by atoms with Gasteiger partial charge < -0.3 is 20.1 Å². The Balaban J connectivity index is 1.41. The van der Waals surface area contributed by atoms with E-state index in [1.165, 1.54) is 6.20 Å². The van der Waals surface area contributed by atoms with Crippen LogP contribution in [0.2, 0.25) is 0 Å². The maximum atomic E-state index is 11.2. The van der Waals surface area contributed by atoms with Crippen LogP contribution in [-0.4, -0.2) is 47.8 Å². The second-order valence-corrected chi connectivity index (χ2v) is 9.07. The van der Waals surface area contributed by atoms with Gasteiger partial charge in [-0.3, -0.25) is 0 Å². The molecule has 3 heterocycles. The molecule has 31 heavy (non-hydrogen) atoms. The number of carboxylic acids is 1. The number of aromatic nitrogens is 4. The number of aryl methyl sites for hydroxylation is 1. The molecule has 5 rings (SSSR count). The van der Waals surface area contributed by atoms with Gasteiger partial charge in [0.15, 0.2) is 10.8 Å². The maximum absolute atomic E-state index is 11.2. The number of hydrogen-bond acceptors (Lipinski definition) is 7. The van der Waals surface area contributed by atoms with E-state index in [1.807, 2.05) is 23.6 Å². The molecule has 1 saturated carbocycles. The quantitative estimate of drug-likeness (QED) is 0.435. The molecular formula is C22H23N5O3S. The molecule has 0 saturated heterocycles. The number of aliphatic hydroxyl groups excluding tert-OH is 1. The van der Waals surface area contributed by atoms with E-state index in [9.17, 15) is 15.0 Å². The Kier molecular flexibility index (Phi) is 5.07. The lowest BCUT2D eigenvalue weighted by Gasteiger charge is -2.27. The molecule has 1 aromatic carbocycles. The van der Waals surface area contributed by atoms with E-state index in [-0.39, 0.29) is 17.7 Å². The second-order valence-electron chi connectivity index (χ2n) is 8.04. The summed E-state index contributed by atoms with van der Waals surface area (Å²) in [5, 5.41) is 23.7. The highest BCUT2D eigenvalue weighted by molar-refractivity contribution is 7.22. The lowest BCUT2D eigenvalue weighted by atomic mass is 9.93. The minimum atomic E-state index is -1.01. The first kappa shape index (κ1) is 19.9. The average Bonchev–Trinajstić information content (AvgIpc) is 3.29. The largest absolute Gasteiger partial charge is 0.478 e. The molecule has 9 heteroatoms. The molecule has 0 radical (unpaired) electrons. The minimum absolute atomic E-state index is 0.0653. The van der Waals surface area contributed by atoms with Crippen LogP contribution in [0.4, 0.5) is 5.13 Å². The number of hydrogen-bond donors (Lipinski definition) is 3. The van der Waals surface area contributed by atoms with Crippen LogP contribution < -0.4 is 5.32 Å². The first-order valence-electron chi connectivity index (χ1n) is 10.4. The zero-order valence-corrected chi connectivity index (χ0v) is 17.9. The van der Waals surface area contributed by atoms with Crippen molar-refractivity contribution in [3.8, 4) is 0 Å². The predicted molar refractivity (Wildman–Crippen MR) is 120 cm³/mol. The van der Waals surface area contributed by atoms with E-state index < -0.39 is 5.97 Å². The molecule has 0 unspecified atom stereocenters. The molecule has 4 aromatic rings. The van der Waals surface area contributed by atoms with Crippen molar-refractivity contribution in [1.82, 2.24) is 19.5 Å². The summed E-state index contributed by atoms with van der Waals surface area (Å²) in [6.07, 6.45) is 5.06. The smallest absolute Gasteiger partial charge is 0.337 e. The van der Waals surface area contributed by atoms with Crippen molar-refractivity contribution in [2.45, 2.75) is 51.3 Å². The van der Waals surface area contributed by atoms with Gasteiger partial charge in [0.2, 0.25) is 0 Å². The lowest BCUT2D eigenvalue weighted by molar-refractivity contribution is 0.0696. The van der Waals surface area contributed by atoms with Crippen molar-refractivity contribution in [3.63, 3.8) is 0 Å². The summed E-state index contributed by atoms with van der Waals surface area (Å²) < 4.78 is 3.06. The molecule has 0 spiro atoms. The standard InChI is InChI=1S/C22H23N5O3S/c1-12-24-17-9-14(21(29)30)10-23-20(17)27(12)11-13-6-7-16-19(8-13)31-22(26-16)25-15-4-2-3-5-18(15)28/h6-10,15,18,28H,2-5,11H2,1H3,(H,25,26)(H,29,30)/t15-,18-/m1/s1. The van der Waals surface area contributed by atoms with Gasteiger partial charge in [0.05, 0.1) is 34.5 Å². The Labute approximate surface area is 182 Å². The van der Waals surface area contributed by atoms with Gasteiger partial charge in [-0.15, -0.1) is 0 Å². The molecule has 0 bridgehead atoms. The van der Waals surface area contributed by atoms with Crippen molar-refractivity contribution in [1.29, 1.82) is 0 Å². The van der Waals surface area contributed by atoms with Crippen molar-refractivity contribution in [2.75, 3.05) is 5.32 Å². The molecule has 3 N–H and O–H groups in total. The van der Waals surface area contributed by atoms with Crippen molar-refractivity contribution in [3.05, 3.63) is 47.4 Å². The summed E-state index contributed by atoms with van der Waals surface area (Å²) in [5.41, 5.74) is 3.39. The van der Waals surface area contributed by atoms with Gasteiger partial charge >= 0.3 is 5.97 Å². The number of fused-ring (bicyclic) bond motifs is 2. The molecule has 2 atom stereocenters. The summed E-state index contributed by atoms with van der Waals surface area (Å²) in [5.74, 6) is -0.231. The highest BCUT2D eigenvalue weighted by Crippen LogP contribution is 2.30. The number of anilines is 1. The minimum Gasteiger partial charge on any atom is -0.478 e. The number of carbonyl (C=O) groups is 1. The number of nitrogens with zero attached hydrogens (tertiary/aromatic N) is 4. The van der Waals surface area contributed by atoms with Crippen LogP contribution in [-0.2, 0) is 6.54 Å². The number of imidazole rings is 1. The van der Waals surface area contributed by atoms with Crippen molar-refractivity contribution < 1.29 is 15.0 Å². The SMILES string of the molecule is Cc1nc2cc(C(=O)O)cnc2n1Cc1ccc2nc(N[C@@H]3CCCC[C@H]3O)sc2c1. The van der Waals surface area contributed by atoms with Crippen LogP contribution in [0.15, 0.2) is 30.5 Å². The van der Waals surface area contributed by atoms with E-state index in [4.69, 9.17) is 0 Å². The third-order valence-corrected chi connectivity index (χ3v) is 6.80. The van der Waals surface area contributed by atoms with Crippen molar-refractivity contribution in [2.24, 2.45) is 0 Å². The van der Waals surface area contributed by atoms with Gasteiger partial charge in [0.1, 0.15) is 11.3 Å². The van der Waals surface area contributed by atoms with Crippen LogP contribution >= 0.6 is 11.3 Å². The van der Waals surface area contributed by atoms with Gasteiger partial charge in [0, 0.05) is 6.20 Å². The number of nitrogens with one attached hydrogen (secondary N) is 1. The number of rotatable bonds is 5. The lowest BCUT2D eigenvalue weighted by Crippen LogP contribution is -2.36. The third kappa shape index (κ3) is 3.86.